The van der Waals surface area contributed by atoms with Crippen molar-refractivity contribution >= 4 is 11.8 Å². The van der Waals surface area contributed by atoms with E-state index in [4.69, 9.17) is 4.74 Å². The number of aryl methyl sites for hydroxylation is 1. The summed E-state index contributed by atoms with van der Waals surface area (Å²) < 4.78 is 5.38. The van der Waals surface area contributed by atoms with Crippen LogP contribution in [0.1, 0.15) is 18.5 Å². The number of nitrogens with one attached hydrogen (secondary N) is 1. The number of hydrogen-bond acceptors (Lipinski definition) is 7. The van der Waals surface area contributed by atoms with Gasteiger partial charge in [0, 0.05) is 44.5 Å². The first-order valence-corrected chi connectivity index (χ1v) is 8.53. The predicted molar refractivity (Wildman–Crippen MR) is 90.0 cm³/mol. The molecule has 0 bridgehead atoms. The maximum Gasteiger partial charge on any atom is 0.227 e. The Morgan fingerprint density at radius 2 is 2.13 bits per heavy atom. The molecule has 3 heterocycles. The molecule has 3 rings (SSSR count). The predicted octanol–water partition coefficient (Wildman–Crippen LogP) is 0.490. The zero-order valence-electron chi connectivity index (χ0n) is 13.9. The fraction of sp³-hybridized carbons (Fsp3) is 0.750. The van der Waals surface area contributed by atoms with Crippen molar-refractivity contribution in [1.82, 2.24) is 14.9 Å². The maximum absolute atomic E-state index is 9.71. The molecule has 2 saturated heterocycles. The van der Waals surface area contributed by atoms with E-state index in [0.717, 1.165) is 82.8 Å². The van der Waals surface area contributed by atoms with Crippen molar-refractivity contribution in [2.24, 2.45) is 0 Å². The Labute approximate surface area is 137 Å². The van der Waals surface area contributed by atoms with Crippen LogP contribution in [0.4, 0.5) is 11.8 Å². The summed E-state index contributed by atoms with van der Waals surface area (Å²) in [5, 5.41) is 13.1. The number of nitrogens with zero attached hydrogens (tertiary/aromatic N) is 4. The lowest BCUT2D eigenvalue weighted by atomic mass is 10.1. The molecule has 0 aliphatic carbocycles. The minimum absolute atomic E-state index is 0.169. The van der Waals surface area contributed by atoms with Crippen molar-refractivity contribution in [3.05, 3.63) is 11.8 Å². The first kappa shape index (κ1) is 16.4. The Bertz CT molecular complexity index is 507. The zero-order valence-corrected chi connectivity index (χ0v) is 13.9. The molecule has 0 amide bonds. The van der Waals surface area contributed by atoms with Crippen molar-refractivity contribution in [1.29, 1.82) is 0 Å². The van der Waals surface area contributed by atoms with Crippen molar-refractivity contribution < 1.29 is 9.84 Å². The second kappa shape index (κ2) is 7.90. The van der Waals surface area contributed by atoms with Crippen LogP contribution < -0.4 is 10.2 Å². The number of likely N-dealkylation sites (tertiary alicyclic amines) is 1. The summed E-state index contributed by atoms with van der Waals surface area (Å²) in [4.78, 5) is 13.6. The molecule has 2 aliphatic heterocycles. The summed E-state index contributed by atoms with van der Waals surface area (Å²) in [7, 11) is 0. The molecular weight excluding hydrogens is 294 g/mol. The normalized spacial score (nSPS) is 23.0. The molecule has 1 unspecified atom stereocenters. The molecule has 7 nitrogen and oxygen atoms in total. The first-order chi connectivity index (χ1) is 11.2. The van der Waals surface area contributed by atoms with Gasteiger partial charge in [-0.25, -0.2) is 4.98 Å². The van der Waals surface area contributed by atoms with Crippen molar-refractivity contribution in [3.63, 3.8) is 0 Å². The van der Waals surface area contributed by atoms with Crippen molar-refractivity contribution in [2.75, 3.05) is 62.7 Å². The van der Waals surface area contributed by atoms with Crippen LogP contribution >= 0.6 is 0 Å². The number of aliphatic hydroxyl groups is 1. The van der Waals surface area contributed by atoms with Crippen molar-refractivity contribution in [3.8, 4) is 0 Å². The Morgan fingerprint density at radius 1 is 1.30 bits per heavy atom. The second-order valence-corrected chi connectivity index (χ2v) is 6.32. The number of ether oxygens (including phenoxy) is 1. The number of β-amino-alcohol motifs (C(OH)–C–C–N with tert-alkyl or cyclic N) is 1. The number of hydrogen-bond donors (Lipinski definition) is 2. The van der Waals surface area contributed by atoms with Gasteiger partial charge in [0.05, 0.1) is 19.3 Å². The fourth-order valence-electron chi connectivity index (χ4n) is 3.12. The highest BCUT2D eigenvalue weighted by Crippen LogP contribution is 2.15. The lowest BCUT2D eigenvalue weighted by Crippen LogP contribution is -2.40. The molecule has 2 aliphatic rings. The molecule has 2 fully saturated rings. The largest absolute Gasteiger partial charge is 0.392 e. The summed E-state index contributed by atoms with van der Waals surface area (Å²) in [6.45, 7) is 8.75. The molecule has 1 atom stereocenters. The van der Waals surface area contributed by atoms with Gasteiger partial charge in [0.25, 0.3) is 0 Å². The molecule has 0 radical (unpaired) electrons. The molecule has 128 valence electrons. The number of aromatic nitrogens is 2. The van der Waals surface area contributed by atoms with E-state index in [2.05, 4.69) is 25.1 Å². The molecule has 23 heavy (non-hydrogen) atoms. The second-order valence-electron chi connectivity index (χ2n) is 6.32. The Balaban J connectivity index is 1.53. The Morgan fingerprint density at radius 3 is 2.91 bits per heavy atom. The number of aliphatic hydroxyl groups excluding tert-OH is 1. The highest BCUT2D eigenvalue weighted by atomic mass is 16.5. The van der Waals surface area contributed by atoms with Crippen LogP contribution in [0, 0.1) is 6.92 Å². The van der Waals surface area contributed by atoms with Gasteiger partial charge < -0.3 is 20.1 Å². The minimum Gasteiger partial charge on any atom is -0.392 e. The SMILES string of the molecule is Cc1cc(NCCN2CCCC(O)C2)nc(N2CCOCC2)n1. The topological polar surface area (TPSA) is 73.8 Å². The van der Waals surface area contributed by atoms with Gasteiger partial charge in [0.2, 0.25) is 5.95 Å². The van der Waals surface area contributed by atoms with Gasteiger partial charge >= 0.3 is 0 Å². The zero-order chi connectivity index (χ0) is 16.1. The third-order valence-electron chi connectivity index (χ3n) is 4.35. The molecule has 0 spiro atoms. The Hall–Kier alpha value is -1.44. The van der Waals surface area contributed by atoms with Crippen LogP contribution in [0.2, 0.25) is 0 Å². The summed E-state index contributed by atoms with van der Waals surface area (Å²) in [5.74, 6) is 1.65. The molecule has 1 aromatic heterocycles. The summed E-state index contributed by atoms with van der Waals surface area (Å²) >= 11 is 0. The van der Waals surface area contributed by atoms with E-state index in [1.807, 2.05) is 13.0 Å². The monoisotopic (exact) mass is 321 g/mol. The highest BCUT2D eigenvalue weighted by Gasteiger charge is 2.17. The van der Waals surface area contributed by atoms with Gasteiger partial charge in [-0.15, -0.1) is 0 Å². The quantitative estimate of drug-likeness (QED) is 0.817. The highest BCUT2D eigenvalue weighted by molar-refractivity contribution is 5.43. The van der Waals surface area contributed by atoms with E-state index in [1.54, 1.807) is 0 Å². The van der Waals surface area contributed by atoms with Gasteiger partial charge in [0.1, 0.15) is 5.82 Å². The molecule has 0 saturated carbocycles. The van der Waals surface area contributed by atoms with Crippen LogP contribution in [0.3, 0.4) is 0 Å². The van der Waals surface area contributed by atoms with Crippen LogP contribution in [0.15, 0.2) is 6.07 Å². The van der Waals surface area contributed by atoms with Crippen LogP contribution in [0.5, 0.6) is 0 Å². The smallest absolute Gasteiger partial charge is 0.227 e. The number of morpholine rings is 1. The Kier molecular flexibility index (Phi) is 5.64. The molecular formula is C16H27N5O2. The van der Waals surface area contributed by atoms with Gasteiger partial charge in [0.15, 0.2) is 0 Å². The lowest BCUT2D eigenvalue weighted by molar-refractivity contribution is 0.0730. The van der Waals surface area contributed by atoms with Crippen molar-refractivity contribution in [2.45, 2.75) is 25.9 Å². The third kappa shape index (κ3) is 4.76. The maximum atomic E-state index is 9.71. The van der Waals surface area contributed by atoms with Gasteiger partial charge in [-0.1, -0.05) is 0 Å². The molecule has 7 heteroatoms. The van der Waals surface area contributed by atoms with E-state index in [-0.39, 0.29) is 6.10 Å². The van der Waals surface area contributed by atoms with Crippen LogP contribution in [-0.4, -0.2) is 78.6 Å². The number of anilines is 2. The minimum atomic E-state index is -0.169. The summed E-state index contributed by atoms with van der Waals surface area (Å²) in [6, 6.07) is 1.98. The first-order valence-electron chi connectivity index (χ1n) is 8.53. The van der Waals surface area contributed by atoms with Gasteiger partial charge in [-0.05, 0) is 26.3 Å². The van der Waals surface area contributed by atoms with E-state index in [0.29, 0.717) is 0 Å². The van der Waals surface area contributed by atoms with E-state index in [1.165, 1.54) is 0 Å². The average Bonchev–Trinajstić information content (AvgIpc) is 2.55. The fourth-order valence-corrected chi connectivity index (χ4v) is 3.12. The average molecular weight is 321 g/mol. The lowest BCUT2D eigenvalue weighted by Gasteiger charge is -2.30. The number of rotatable bonds is 5. The third-order valence-corrected chi connectivity index (χ3v) is 4.35. The molecule has 0 aromatic carbocycles. The summed E-state index contributed by atoms with van der Waals surface area (Å²) in [6.07, 6.45) is 1.84. The summed E-state index contributed by atoms with van der Waals surface area (Å²) in [5.41, 5.74) is 0.970. The van der Waals surface area contributed by atoms with E-state index >= 15 is 0 Å². The van der Waals surface area contributed by atoms with E-state index < -0.39 is 0 Å². The molecule has 1 aromatic rings. The van der Waals surface area contributed by atoms with Crippen LogP contribution in [0.25, 0.3) is 0 Å². The molecule has 2 N–H and O–H groups in total. The number of piperidine rings is 1. The van der Waals surface area contributed by atoms with E-state index in [9.17, 15) is 5.11 Å². The van der Waals surface area contributed by atoms with Gasteiger partial charge in [-0.2, -0.15) is 4.98 Å². The van der Waals surface area contributed by atoms with Gasteiger partial charge in [-0.3, -0.25) is 4.90 Å². The van der Waals surface area contributed by atoms with Crippen LogP contribution in [-0.2, 0) is 4.74 Å². The standard InChI is InChI=1S/C16H27N5O2/c1-13-11-15(17-4-6-20-5-2-3-14(22)12-20)19-16(18-13)21-7-9-23-10-8-21/h11,14,22H,2-10,12H2,1H3,(H,17,18,19).